The van der Waals surface area contributed by atoms with Gasteiger partial charge < -0.3 is 4.42 Å². The first-order valence-electron chi connectivity index (χ1n) is 10.1. The highest BCUT2D eigenvalue weighted by molar-refractivity contribution is 7.07. The number of hydrogen-bond donors (Lipinski definition) is 0. The molecule has 31 heavy (non-hydrogen) atoms. The Morgan fingerprint density at radius 2 is 1.87 bits per heavy atom. The lowest BCUT2D eigenvalue weighted by Gasteiger charge is -2.01. The molecule has 3 heterocycles. The summed E-state index contributed by atoms with van der Waals surface area (Å²) in [4.78, 5) is 9.81. The zero-order valence-electron chi connectivity index (χ0n) is 16.8. The highest BCUT2D eigenvalue weighted by Gasteiger charge is 2.12. The fourth-order valence-electron chi connectivity index (χ4n) is 3.30. The Hall–Kier alpha value is -3.77. The molecule has 0 aliphatic rings. The van der Waals surface area contributed by atoms with Crippen molar-refractivity contribution in [1.29, 1.82) is 0 Å². The fraction of sp³-hybridized carbons (Fsp3) is 0.0800. The maximum absolute atomic E-state index is 6.09. The lowest BCUT2D eigenvalue weighted by molar-refractivity contribution is 0.621. The van der Waals surface area contributed by atoms with Crippen molar-refractivity contribution in [2.75, 3.05) is 6.54 Å². The van der Waals surface area contributed by atoms with Crippen molar-refractivity contribution in [2.45, 2.75) is 6.42 Å². The number of aromatic nitrogens is 2. The van der Waals surface area contributed by atoms with Crippen molar-refractivity contribution in [2.24, 2.45) is 10.1 Å². The number of hydrogen-bond acceptors (Lipinski definition) is 5. The second-order valence-electron chi connectivity index (χ2n) is 7.01. The van der Waals surface area contributed by atoms with Crippen LogP contribution in [0.15, 0.2) is 105 Å². The average Bonchev–Trinajstić information content (AvgIpc) is 3.43. The van der Waals surface area contributed by atoms with Crippen LogP contribution in [0.4, 0.5) is 0 Å². The summed E-state index contributed by atoms with van der Waals surface area (Å²) in [6, 6.07) is 24.3. The molecule has 0 N–H and O–H groups in total. The van der Waals surface area contributed by atoms with E-state index in [-0.39, 0.29) is 0 Å². The molecule has 0 aliphatic heterocycles. The summed E-state index contributed by atoms with van der Waals surface area (Å²) in [6.45, 7) is 0.687. The number of rotatable bonds is 6. The molecule has 5 nitrogen and oxygen atoms in total. The first-order chi connectivity index (χ1) is 15.4. The minimum absolute atomic E-state index is 0.687. The fourth-order valence-corrected chi connectivity index (χ4v) is 4.14. The molecule has 0 unspecified atom stereocenters. The van der Waals surface area contributed by atoms with Gasteiger partial charge in [0.25, 0.3) is 0 Å². The van der Waals surface area contributed by atoms with Gasteiger partial charge in [0, 0.05) is 35.3 Å². The lowest BCUT2D eigenvalue weighted by Crippen LogP contribution is -2.13. The molecule has 0 saturated heterocycles. The molecule has 0 amide bonds. The van der Waals surface area contributed by atoms with Gasteiger partial charge in [-0.05, 0) is 30.2 Å². The van der Waals surface area contributed by atoms with Crippen LogP contribution in [0.25, 0.3) is 22.4 Å². The van der Waals surface area contributed by atoms with Crippen LogP contribution < -0.4 is 4.80 Å². The van der Waals surface area contributed by atoms with Crippen LogP contribution in [-0.4, -0.2) is 22.4 Å². The number of nitrogens with zero attached hydrogens (tertiary/aromatic N) is 4. The van der Waals surface area contributed by atoms with Crippen molar-refractivity contribution < 1.29 is 4.42 Å². The molecule has 0 bridgehead atoms. The Kier molecular flexibility index (Phi) is 5.54. The van der Waals surface area contributed by atoms with Crippen LogP contribution in [0.3, 0.4) is 0 Å². The van der Waals surface area contributed by atoms with Gasteiger partial charge in [0.15, 0.2) is 5.76 Å². The topological polar surface area (TPSA) is 55.7 Å². The molecular formula is C25H20N4OS. The van der Waals surface area contributed by atoms with E-state index in [1.54, 1.807) is 29.9 Å². The number of furan rings is 1. The Bertz CT molecular complexity index is 1350. The van der Waals surface area contributed by atoms with Gasteiger partial charge in [0.05, 0.1) is 6.21 Å². The molecule has 0 radical (unpaired) electrons. The summed E-state index contributed by atoms with van der Waals surface area (Å²) in [6.07, 6.45) is 6.20. The minimum Gasteiger partial charge on any atom is -0.454 e. The number of thiazole rings is 1. The molecule has 152 valence electrons. The van der Waals surface area contributed by atoms with E-state index in [2.05, 4.69) is 29.2 Å². The molecule has 5 rings (SSSR count). The number of fused-ring (bicyclic) bond motifs is 1. The third kappa shape index (κ3) is 4.39. The van der Waals surface area contributed by atoms with Crippen LogP contribution >= 0.6 is 11.3 Å². The Morgan fingerprint density at radius 3 is 2.71 bits per heavy atom. The highest BCUT2D eigenvalue weighted by Crippen LogP contribution is 2.28. The van der Waals surface area contributed by atoms with Crippen LogP contribution in [0.1, 0.15) is 11.1 Å². The zero-order chi connectivity index (χ0) is 20.9. The van der Waals surface area contributed by atoms with Crippen molar-refractivity contribution in [3.63, 3.8) is 0 Å². The summed E-state index contributed by atoms with van der Waals surface area (Å²) >= 11 is 1.56. The van der Waals surface area contributed by atoms with Gasteiger partial charge in [-0.2, -0.15) is 5.10 Å². The SMILES string of the molecule is C(=Nn1c(-c2cc3ccccc3o2)csc1=NCCc1ccccc1)c1cccnc1. The van der Waals surface area contributed by atoms with E-state index in [1.165, 1.54) is 5.56 Å². The van der Waals surface area contributed by atoms with Crippen LogP contribution in [0, 0.1) is 0 Å². The van der Waals surface area contributed by atoms with E-state index in [0.717, 1.165) is 39.2 Å². The normalized spacial score (nSPS) is 12.2. The summed E-state index contributed by atoms with van der Waals surface area (Å²) < 4.78 is 7.94. The van der Waals surface area contributed by atoms with E-state index in [9.17, 15) is 0 Å². The largest absolute Gasteiger partial charge is 0.454 e. The predicted octanol–water partition coefficient (Wildman–Crippen LogP) is 5.38. The van der Waals surface area contributed by atoms with Crippen molar-refractivity contribution in [3.8, 4) is 11.5 Å². The van der Waals surface area contributed by atoms with Crippen molar-refractivity contribution in [1.82, 2.24) is 9.66 Å². The molecule has 0 fully saturated rings. The predicted molar refractivity (Wildman–Crippen MR) is 125 cm³/mol. The van der Waals surface area contributed by atoms with Gasteiger partial charge >= 0.3 is 0 Å². The van der Waals surface area contributed by atoms with Gasteiger partial charge in [-0.25, -0.2) is 4.68 Å². The monoisotopic (exact) mass is 424 g/mol. The number of pyridine rings is 1. The van der Waals surface area contributed by atoms with E-state index in [0.29, 0.717) is 6.54 Å². The van der Waals surface area contributed by atoms with Crippen LogP contribution in [-0.2, 0) is 6.42 Å². The number of benzene rings is 2. The standard InChI is InChI=1S/C25H20N4OS/c1-2-7-19(8-3-1)12-14-27-25-29(28-17-20-9-6-13-26-16-20)22(18-31-25)24-15-21-10-4-5-11-23(21)30-24/h1-11,13,15-18H,12,14H2. The Morgan fingerprint density at radius 1 is 1.00 bits per heavy atom. The molecule has 3 aromatic heterocycles. The summed E-state index contributed by atoms with van der Waals surface area (Å²) in [7, 11) is 0. The molecule has 5 aromatic rings. The Balaban J connectivity index is 1.52. The maximum atomic E-state index is 6.09. The molecule has 0 atom stereocenters. The first kappa shape index (κ1) is 19.2. The zero-order valence-corrected chi connectivity index (χ0v) is 17.6. The van der Waals surface area contributed by atoms with Crippen molar-refractivity contribution in [3.05, 3.63) is 106 Å². The minimum atomic E-state index is 0.687. The van der Waals surface area contributed by atoms with E-state index < -0.39 is 0 Å². The van der Waals surface area contributed by atoms with Crippen molar-refractivity contribution >= 4 is 28.5 Å². The highest BCUT2D eigenvalue weighted by atomic mass is 32.1. The third-order valence-electron chi connectivity index (χ3n) is 4.86. The van der Waals surface area contributed by atoms with E-state index in [4.69, 9.17) is 14.5 Å². The van der Waals surface area contributed by atoms with Crippen LogP contribution in [0.2, 0.25) is 0 Å². The van der Waals surface area contributed by atoms with Gasteiger partial charge in [-0.3, -0.25) is 9.98 Å². The quantitative estimate of drug-likeness (QED) is 0.344. The summed E-state index contributed by atoms with van der Waals surface area (Å²) in [5, 5.41) is 7.82. The average molecular weight is 425 g/mol. The third-order valence-corrected chi connectivity index (χ3v) is 5.71. The maximum Gasteiger partial charge on any atom is 0.206 e. The molecular weight excluding hydrogens is 404 g/mol. The van der Waals surface area contributed by atoms with E-state index in [1.807, 2.05) is 58.6 Å². The lowest BCUT2D eigenvalue weighted by atomic mass is 10.2. The molecule has 0 saturated carbocycles. The summed E-state index contributed by atoms with van der Waals surface area (Å²) in [5.74, 6) is 0.769. The summed E-state index contributed by atoms with van der Waals surface area (Å²) in [5.41, 5.74) is 3.92. The first-order valence-corrected chi connectivity index (χ1v) is 10.9. The number of para-hydroxylation sites is 1. The molecule has 6 heteroatoms. The molecule has 0 spiro atoms. The van der Waals surface area contributed by atoms with Crippen LogP contribution in [0.5, 0.6) is 0 Å². The van der Waals surface area contributed by atoms with E-state index >= 15 is 0 Å². The Labute approximate surface area is 183 Å². The molecule has 0 aliphatic carbocycles. The van der Waals surface area contributed by atoms with Gasteiger partial charge in [-0.15, -0.1) is 11.3 Å². The van der Waals surface area contributed by atoms with Gasteiger partial charge in [0.2, 0.25) is 4.80 Å². The second kappa shape index (κ2) is 8.93. The van der Waals surface area contributed by atoms with Gasteiger partial charge in [-0.1, -0.05) is 54.6 Å². The molecule has 2 aromatic carbocycles. The smallest absolute Gasteiger partial charge is 0.206 e. The van der Waals surface area contributed by atoms with Gasteiger partial charge in [0.1, 0.15) is 11.3 Å². The second-order valence-corrected chi connectivity index (χ2v) is 7.85.